The van der Waals surface area contributed by atoms with E-state index in [2.05, 4.69) is 0 Å². The van der Waals surface area contributed by atoms with Crippen LogP contribution in [0, 0.1) is 0 Å². The number of carbonyl (C=O) groups is 1. The fraction of sp³-hybridized carbons (Fsp3) is 0.176. The van der Waals surface area contributed by atoms with Crippen LogP contribution in [0.4, 0.5) is 0 Å². The van der Waals surface area contributed by atoms with E-state index < -0.39 is 0 Å². The lowest BCUT2D eigenvalue weighted by molar-refractivity contribution is -0.122. The zero-order valence-electron chi connectivity index (χ0n) is 13.1. The summed E-state index contributed by atoms with van der Waals surface area (Å²) in [5, 5.41) is 0.938. The van der Waals surface area contributed by atoms with E-state index >= 15 is 0 Å². The maximum Gasteiger partial charge on any atom is 0.266 e. The highest BCUT2D eigenvalue weighted by Gasteiger charge is 2.31. The average Bonchev–Trinajstić information content (AvgIpc) is 3.15. The summed E-state index contributed by atoms with van der Waals surface area (Å²) in [5.41, 5.74) is 0.807. The van der Waals surface area contributed by atoms with Gasteiger partial charge in [0.25, 0.3) is 5.91 Å². The predicted molar refractivity (Wildman–Crippen MR) is 106 cm³/mol. The monoisotopic (exact) mass is 413 g/mol. The number of methoxy groups -OCH3 is 1. The van der Waals surface area contributed by atoms with Gasteiger partial charge in [0.15, 0.2) is 0 Å². The molecule has 0 atom stereocenters. The number of hydrogen-bond acceptors (Lipinski definition) is 5. The lowest BCUT2D eigenvalue weighted by Gasteiger charge is -2.12. The zero-order chi connectivity index (χ0) is 18.0. The van der Waals surface area contributed by atoms with Gasteiger partial charge in [0.05, 0.1) is 28.1 Å². The Morgan fingerprint density at radius 1 is 1.28 bits per heavy atom. The summed E-state index contributed by atoms with van der Waals surface area (Å²) in [5.74, 6) is 1.06. The Morgan fingerprint density at radius 2 is 2.08 bits per heavy atom. The van der Waals surface area contributed by atoms with E-state index in [-0.39, 0.29) is 5.91 Å². The second-order valence-corrected chi connectivity index (χ2v) is 7.65. The minimum atomic E-state index is -0.139. The number of hydrogen-bond donors (Lipinski definition) is 0. The SMILES string of the molecule is COCCN1C(=O)/C(=C\c2ccc(-c3ccc(Cl)c(Cl)c3)o2)SC1=S. The van der Waals surface area contributed by atoms with Crippen LogP contribution >= 0.6 is 47.2 Å². The molecule has 0 unspecified atom stereocenters. The molecule has 4 nitrogen and oxygen atoms in total. The average molecular weight is 414 g/mol. The summed E-state index contributed by atoms with van der Waals surface area (Å²) < 4.78 is 11.3. The summed E-state index contributed by atoms with van der Waals surface area (Å²) in [6.07, 6.45) is 1.69. The van der Waals surface area contributed by atoms with Crippen LogP contribution < -0.4 is 0 Å². The molecule has 0 bridgehead atoms. The number of carbonyl (C=O) groups excluding carboxylic acids is 1. The minimum Gasteiger partial charge on any atom is -0.457 e. The van der Waals surface area contributed by atoms with Crippen molar-refractivity contribution in [2.24, 2.45) is 0 Å². The molecule has 0 N–H and O–H groups in total. The molecular weight excluding hydrogens is 401 g/mol. The highest BCUT2D eigenvalue weighted by atomic mass is 35.5. The van der Waals surface area contributed by atoms with Gasteiger partial charge >= 0.3 is 0 Å². The highest BCUT2D eigenvalue weighted by Crippen LogP contribution is 2.34. The second kappa shape index (κ2) is 7.93. The third-order valence-corrected chi connectivity index (χ3v) is 5.61. The van der Waals surface area contributed by atoms with Gasteiger partial charge in [0.1, 0.15) is 15.8 Å². The van der Waals surface area contributed by atoms with Crippen LogP contribution in [0.15, 0.2) is 39.7 Å². The maximum absolute atomic E-state index is 12.4. The number of amides is 1. The minimum absolute atomic E-state index is 0.139. The van der Waals surface area contributed by atoms with E-state index in [0.717, 1.165) is 5.56 Å². The molecule has 1 amide bonds. The number of halogens is 2. The molecular formula is C17H13Cl2NO3S2. The Morgan fingerprint density at radius 3 is 2.80 bits per heavy atom. The number of thiocarbonyl (C=S) groups is 1. The summed E-state index contributed by atoms with van der Waals surface area (Å²) in [4.78, 5) is 14.5. The Hall–Kier alpha value is -1.31. The van der Waals surface area contributed by atoms with Crippen LogP contribution in [-0.4, -0.2) is 35.4 Å². The molecule has 130 valence electrons. The van der Waals surface area contributed by atoms with Gasteiger partial charge in [0.2, 0.25) is 0 Å². The molecule has 1 aliphatic rings. The standard InChI is InChI=1S/C17H13Cl2NO3S2/c1-22-7-6-20-16(21)15(25-17(20)24)9-11-3-5-14(23-11)10-2-4-12(18)13(19)8-10/h2-5,8-9H,6-7H2,1H3/b15-9+. The number of thioether (sulfide) groups is 1. The summed E-state index contributed by atoms with van der Waals surface area (Å²) in [7, 11) is 1.58. The third-order valence-electron chi connectivity index (χ3n) is 3.50. The first kappa shape index (κ1) is 18.5. The molecule has 0 saturated carbocycles. The maximum atomic E-state index is 12.4. The zero-order valence-corrected chi connectivity index (χ0v) is 16.3. The second-order valence-electron chi connectivity index (χ2n) is 5.16. The van der Waals surface area contributed by atoms with Crippen LogP contribution in [0.5, 0.6) is 0 Å². The predicted octanol–water partition coefficient (Wildman–Crippen LogP) is 5.10. The van der Waals surface area contributed by atoms with Gasteiger partial charge in [-0.3, -0.25) is 9.69 Å². The van der Waals surface area contributed by atoms with E-state index in [1.54, 1.807) is 31.4 Å². The number of nitrogens with zero attached hydrogens (tertiary/aromatic N) is 1. The molecule has 1 aliphatic heterocycles. The van der Waals surface area contributed by atoms with Crippen LogP contribution in [0.1, 0.15) is 5.76 Å². The topological polar surface area (TPSA) is 42.7 Å². The van der Waals surface area contributed by atoms with Gasteiger partial charge in [-0.2, -0.15) is 0 Å². The summed E-state index contributed by atoms with van der Waals surface area (Å²) >= 11 is 18.5. The van der Waals surface area contributed by atoms with Gasteiger partial charge in [-0.1, -0.05) is 47.2 Å². The van der Waals surface area contributed by atoms with Crippen molar-refractivity contribution in [3.05, 3.63) is 51.0 Å². The van der Waals surface area contributed by atoms with E-state index in [1.165, 1.54) is 16.7 Å². The van der Waals surface area contributed by atoms with Crippen LogP contribution in [-0.2, 0) is 9.53 Å². The van der Waals surface area contributed by atoms with E-state index in [1.807, 2.05) is 12.1 Å². The molecule has 25 heavy (non-hydrogen) atoms. The largest absolute Gasteiger partial charge is 0.457 e. The Labute approximate surface area is 164 Å². The molecule has 1 aromatic carbocycles. The normalized spacial score (nSPS) is 16.3. The molecule has 1 saturated heterocycles. The smallest absolute Gasteiger partial charge is 0.266 e. The molecule has 2 heterocycles. The molecule has 2 aromatic rings. The van der Waals surface area contributed by atoms with Crippen molar-refractivity contribution < 1.29 is 13.9 Å². The van der Waals surface area contributed by atoms with Crippen molar-refractivity contribution in [1.29, 1.82) is 0 Å². The number of benzene rings is 1. The number of rotatable bonds is 5. The molecule has 1 aromatic heterocycles. The van der Waals surface area contributed by atoms with E-state index in [9.17, 15) is 4.79 Å². The third kappa shape index (κ3) is 4.10. The van der Waals surface area contributed by atoms with Gasteiger partial charge in [-0.05, 0) is 30.3 Å². The molecule has 1 fully saturated rings. The first-order chi connectivity index (χ1) is 12.0. The van der Waals surface area contributed by atoms with Gasteiger partial charge in [-0.25, -0.2) is 0 Å². The fourth-order valence-electron chi connectivity index (χ4n) is 2.24. The van der Waals surface area contributed by atoms with Crippen LogP contribution in [0.25, 0.3) is 17.4 Å². The van der Waals surface area contributed by atoms with Crippen molar-refractivity contribution in [3.63, 3.8) is 0 Å². The Balaban J connectivity index is 1.81. The molecule has 0 radical (unpaired) electrons. The van der Waals surface area contributed by atoms with Crippen LogP contribution in [0.3, 0.4) is 0 Å². The first-order valence-corrected chi connectivity index (χ1v) is 9.27. The number of ether oxygens (including phenoxy) is 1. The number of furan rings is 1. The van der Waals surface area contributed by atoms with Crippen molar-refractivity contribution in [2.75, 3.05) is 20.3 Å². The van der Waals surface area contributed by atoms with Crippen molar-refractivity contribution in [3.8, 4) is 11.3 Å². The van der Waals surface area contributed by atoms with Crippen molar-refractivity contribution >= 4 is 63.5 Å². The quantitative estimate of drug-likeness (QED) is 0.503. The van der Waals surface area contributed by atoms with E-state index in [0.29, 0.717) is 43.9 Å². The molecule has 0 aliphatic carbocycles. The van der Waals surface area contributed by atoms with Crippen molar-refractivity contribution in [1.82, 2.24) is 4.90 Å². The molecule has 8 heteroatoms. The van der Waals surface area contributed by atoms with Gasteiger partial charge in [-0.15, -0.1) is 0 Å². The summed E-state index contributed by atoms with van der Waals surface area (Å²) in [6, 6.07) is 8.87. The van der Waals surface area contributed by atoms with Gasteiger partial charge in [0, 0.05) is 18.7 Å². The van der Waals surface area contributed by atoms with Crippen molar-refractivity contribution in [2.45, 2.75) is 0 Å². The first-order valence-electron chi connectivity index (χ1n) is 7.29. The highest BCUT2D eigenvalue weighted by molar-refractivity contribution is 8.26. The summed E-state index contributed by atoms with van der Waals surface area (Å²) in [6.45, 7) is 0.868. The Bertz CT molecular complexity index is 863. The lowest BCUT2D eigenvalue weighted by Crippen LogP contribution is -2.31. The Kier molecular flexibility index (Phi) is 5.86. The van der Waals surface area contributed by atoms with E-state index in [4.69, 9.17) is 44.6 Å². The molecule has 0 spiro atoms. The van der Waals surface area contributed by atoms with Crippen LogP contribution in [0.2, 0.25) is 10.0 Å². The molecule has 3 rings (SSSR count). The lowest BCUT2D eigenvalue weighted by atomic mass is 10.2. The fourth-order valence-corrected chi connectivity index (χ4v) is 3.83. The van der Waals surface area contributed by atoms with Gasteiger partial charge < -0.3 is 9.15 Å².